The maximum Gasteiger partial charge on any atom is 0.332 e. The van der Waals surface area contributed by atoms with E-state index < -0.39 is 11.8 Å². The van der Waals surface area contributed by atoms with E-state index in [1.807, 2.05) is 0 Å². The number of nitrogens with zero attached hydrogens (tertiary/aromatic N) is 5. The average molecular weight is 424 g/mol. The maximum atomic E-state index is 13.0. The second-order valence-corrected chi connectivity index (χ2v) is 8.96. The molecule has 0 amide bonds. The van der Waals surface area contributed by atoms with Gasteiger partial charge in [0.2, 0.25) is 0 Å². The molecule has 0 aliphatic carbocycles. The minimum atomic E-state index is -0.685. The van der Waals surface area contributed by atoms with Gasteiger partial charge in [0.05, 0.1) is 36.1 Å². The molecule has 3 atom stereocenters. The van der Waals surface area contributed by atoms with Crippen molar-refractivity contribution in [2.45, 2.75) is 75.8 Å². The van der Waals surface area contributed by atoms with Gasteiger partial charge in [-0.25, -0.2) is 4.79 Å². The molecule has 0 saturated carbocycles. The molecule has 9 nitrogen and oxygen atoms in total. The summed E-state index contributed by atoms with van der Waals surface area (Å²) in [6, 6.07) is 0. The first-order valence-corrected chi connectivity index (χ1v) is 11.0. The Morgan fingerprint density at radius 1 is 1.24 bits per heavy atom. The molecule has 1 saturated heterocycles. The minimum absolute atomic E-state index is 0.0532. The molecule has 10 heteroatoms. The molecule has 0 spiro atoms. The number of aryl methyl sites for hydroxylation is 2. The SMILES string of the molecule is CCCCCCn1cc(Cn2c(=O)c(C)cn(C3CC(O)[C@@H](CO)S3)c2=O)nn1. The lowest BCUT2D eigenvalue weighted by Crippen LogP contribution is -2.41. The molecular weight excluding hydrogens is 394 g/mol. The van der Waals surface area contributed by atoms with Crippen molar-refractivity contribution >= 4 is 11.8 Å². The van der Waals surface area contributed by atoms with Crippen LogP contribution >= 0.6 is 11.8 Å². The second-order valence-electron chi connectivity index (χ2n) is 7.54. The van der Waals surface area contributed by atoms with Crippen molar-refractivity contribution in [1.82, 2.24) is 24.1 Å². The van der Waals surface area contributed by atoms with Gasteiger partial charge >= 0.3 is 5.69 Å². The molecule has 2 aromatic heterocycles. The standard InChI is InChI=1S/C19H29N5O4S/c1-3-4-5-6-7-22-10-14(20-21-22)11-24-18(27)13(2)9-23(19(24)28)17-8-15(26)16(12-25)29-17/h9-10,15-17,25-26H,3-8,11-12H2,1-2H3/t15?,16-,17?/m1/s1. The van der Waals surface area contributed by atoms with E-state index in [1.165, 1.54) is 39.9 Å². The zero-order valence-corrected chi connectivity index (χ0v) is 17.7. The minimum Gasteiger partial charge on any atom is -0.395 e. The lowest BCUT2D eigenvalue weighted by Gasteiger charge is -2.16. The molecule has 0 bridgehead atoms. The van der Waals surface area contributed by atoms with Gasteiger partial charge in [0.1, 0.15) is 5.69 Å². The van der Waals surface area contributed by atoms with Crippen LogP contribution in [0, 0.1) is 6.92 Å². The van der Waals surface area contributed by atoms with Crippen molar-refractivity contribution in [3.63, 3.8) is 0 Å². The number of thioether (sulfide) groups is 1. The van der Waals surface area contributed by atoms with E-state index in [1.54, 1.807) is 17.8 Å². The normalized spacial score (nSPS) is 21.7. The first-order valence-electron chi connectivity index (χ1n) is 10.1. The summed E-state index contributed by atoms with van der Waals surface area (Å²) < 4.78 is 4.40. The first kappa shape index (κ1) is 21.8. The van der Waals surface area contributed by atoms with Crippen LogP contribution in [0.1, 0.15) is 55.7 Å². The van der Waals surface area contributed by atoms with E-state index in [9.17, 15) is 19.8 Å². The van der Waals surface area contributed by atoms with Gasteiger partial charge < -0.3 is 10.2 Å². The van der Waals surface area contributed by atoms with Crippen LogP contribution in [0.4, 0.5) is 0 Å². The number of aromatic nitrogens is 5. The third-order valence-electron chi connectivity index (χ3n) is 5.21. The molecule has 0 radical (unpaired) electrons. The fraction of sp³-hybridized carbons (Fsp3) is 0.684. The molecule has 1 aliphatic rings. The fourth-order valence-electron chi connectivity index (χ4n) is 3.54. The van der Waals surface area contributed by atoms with Gasteiger partial charge in [0, 0.05) is 24.7 Å². The van der Waals surface area contributed by atoms with Crippen LogP contribution in [0.5, 0.6) is 0 Å². The van der Waals surface area contributed by atoms with Crippen molar-refractivity contribution in [2.75, 3.05) is 6.61 Å². The van der Waals surface area contributed by atoms with E-state index in [4.69, 9.17) is 0 Å². The van der Waals surface area contributed by atoms with Gasteiger partial charge in [-0.15, -0.1) is 16.9 Å². The number of rotatable bonds is 9. The Bertz CT molecular complexity index is 937. The van der Waals surface area contributed by atoms with Crippen LogP contribution in [-0.4, -0.2) is 52.3 Å². The molecule has 2 N–H and O–H groups in total. The van der Waals surface area contributed by atoms with E-state index in [-0.39, 0.29) is 29.3 Å². The molecule has 3 heterocycles. The molecule has 3 rings (SSSR count). The Labute approximate surface area is 173 Å². The van der Waals surface area contributed by atoms with Crippen LogP contribution in [0.2, 0.25) is 0 Å². The molecular formula is C19H29N5O4S. The molecule has 2 unspecified atom stereocenters. The number of hydrogen-bond donors (Lipinski definition) is 2. The van der Waals surface area contributed by atoms with Gasteiger partial charge in [0.15, 0.2) is 0 Å². The molecule has 160 valence electrons. The highest BCUT2D eigenvalue weighted by molar-refractivity contribution is 8.00. The Balaban J connectivity index is 1.80. The molecule has 1 aliphatic heterocycles. The van der Waals surface area contributed by atoms with Crippen molar-refractivity contribution in [3.8, 4) is 0 Å². The summed E-state index contributed by atoms with van der Waals surface area (Å²) in [7, 11) is 0. The quantitative estimate of drug-likeness (QED) is 0.576. The summed E-state index contributed by atoms with van der Waals surface area (Å²) in [6.45, 7) is 4.49. The van der Waals surface area contributed by atoms with E-state index in [0.717, 1.165) is 19.4 Å². The van der Waals surface area contributed by atoms with E-state index >= 15 is 0 Å². The van der Waals surface area contributed by atoms with Crippen LogP contribution in [0.25, 0.3) is 0 Å². The summed E-state index contributed by atoms with van der Waals surface area (Å²) >= 11 is 1.35. The maximum absolute atomic E-state index is 13.0. The highest BCUT2D eigenvalue weighted by Crippen LogP contribution is 2.40. The Morgan fingerprint density at radius 3 is 2.72 bits per heavy atom. The van der Waals surface area contributed by atoms with Crippen molar-refractivity contribution in [3.05, 3.63) is 44.5 Å². The lowest BCUT2D eigenvalue weighted by molar-refractivity contribution is 0.137. The van der Waals surface area contributed by atoms with E-state index in [2.05, 4.69) is 17.2 Å². The average Bonchev–Trinajstić information content (AvgIpc) is 3.31. The second kappa shape index (κ2) is 9.73. The Hall–Kier alpha value is -1.91. The molecule has 29 heavy (non-hydrogen) atoms. The lowest BCUT2D eigenvalue weighted by atomic mass is 10.2. The predicted octanol–water partition coefficient (Wildman–Crippen LogP) is 0.896. The number of unbranched alkanes of at least 4 members (excludes halogenated alkanes) is 3. The summed E-state index contributed by atoms with van der Waals surface area (Å²) in [5, 5.41) is 27.0. The summed E-state index contributed by atoms with van der Waals surface area (Å²) in [4.78, 5) is 25.6. The topological polar surface area (TPSA) is 115 Å². The van der Waals surface area contributed by atoms with Gasteiger partial charge in [-0.05, 0) is 13.3 Å². The highest BCUT2D eigenvalue weighted by Gasteiger charge is 2.35. The van der Waals surface area contributed by atoms with Crippen LogP contribution in [-0.2, 0) is 13.1 Å². The van der Waals surface area contributed by atoms with Gasteiger partial charge in [-0.1, -0.05) is 31.4 Å². The zero-order valence-electron chi connectivity index (χ0n) is 16.9. The number of aliphatic hydroxyl groups is 2. The smallest absolute Gasteiger partial charge is 0.332 e. The monoisotopic (exact) mass is 423 g/mol. The van der Waals surface area contributed by atoms with Crippen LogP contribution in [0.3, 0.4) is 0 Å². The van der Waals surface area contributed by atoms with Gasteiger partial charge in [-0.2, -0.15) is 0 Å². The third-order valence-corrected chi connectivity index (χ3v) is 6.75. The Morgan fingerprint density at radius 2 is 2.03 bits per heavy atom. The molecule has 1 fully saturated rings. The highest BCUT2D eigenvalue weighted by atomic mass is 32.2. The van der Waals surface area contributed by atoms with Crippen LogP contribution < -0.4 is 11.2 Å². The number of aliphatic hydroxyl groups excluding tert-OH is 2. The molecule has 0 aromatic carbocycles. The summed E-state index contributed by atoms with van der Waals surface area (Å²) in [5.41, 5.74) is 0.204. The Kier molecular flexibility index (Phi) is 7.31. The van der Waals surface area contributed by atoms with Gasteiger partial charge in [-0.3, -0.25) is 18.6 Å². The summed E-state index contributed by atoms with van der Waals surface area (Å²) in [5.74, 6) is 0. The number of hydrogen-bond acceptors (Lipinski definition) is 7. The van der Waals surface area contributed by atoms with Crippen LogP contribution in [0.15, 0.2) is 22.0 Å². The van der Waals surface area contributed by atoms with E-state index in [0.29, 0.717) is 17.7 Å². The van der Waals surface area contributed by atoms with Crippen molar-refractivity contribution in [1.29, 1.82) is 0 Å². The predicted molar refractivity (Wildman–Crippen MR) is 111 cm³/mol. The third kappa shape index (κ3) is 4.99. The zero-order chi connectivity index (χ0) is 21.0. The summed E-state index contributed by atoms with van der Waals surface area (Å²) in [6.07, 6.45) is 7.48. The first-order chi connectivity index (χ1) is 13.9. The van der Waals surface area contributed by atoms with Crippen molar-refractivity contribution < 1.29 is 10.2 Å². The van der Waals surface area contributed by atoms with Crippen molar-refractivity contribution in [2.24, 2.45) is 0 Å². The molecule has 2 aromatic rings. The largest absolute Gasteiger partial charge is 0.395 e. The fourth-order valence-corrected chi connectivity index (χ4v) is 4.91. The van der Waals surface area contributed by atoms with Gasteiger partial charge in [0.25, 0.3) is 5.56 Å².